The zero-order valence-corrected chi connectivity index (χ0v) is 11.1. The standard InChI is InChI=1S/C11H25N3O3/c1-10(9-17-3)13-11(15)8-14(5-4-12)6-7-16-2/h10H,4-9,12H2,1-3H3,(H,13,15). The molecule has 0 fully saturated rings. The maximum Gasteiger partial charge on any atom is 0.234 e. The second-order valence-electron chi connectivity index (χ2n) is 3.98. The number of nitrogens with one attached hydrogen (secondary N) is 1. The number of nitrogens with zero attached hydrogens (tertiary/aromatic N) is 1. The van der Waals surface area contributed by atoms with Gasteiger partial charge in [-0.1, -0.05) is 0 Å². The second kappa shape index (κ2) is 10.5. The van der Waals surface area contributed by atoms with Crippen LogP contribution in [0.25, 0.3) is 0 Å². The summed E-state index contributed by atoms with van der Waals surface area (Å²) in [4.78, 5) is 13.7. The molecule has 102 valence electrons. The van der Waals surface area contributed by atoms with Gasteiger partial charge in [0, 0.05) is 39.9 Å². The molecule has 17 heavy (non-hydrogen) atoms. The lowest BCUT2D eigenvalue weighted by Crippen LogP contribution is -2.44. The minimum absolute atomic E-state index is 0.0147. The average Bonchev–Trinajstić information content (AvgIpc) is 2.26. The van der Waals surface area contributed by atoms with E-state index in [2.05, 4.69) is 5.32 Å². The van der Waals surface area contributed by atoms with Gasteiger partial charge in [0.2, 0.25) is 5.91 Å². The molecule has 0 aromatic heterocycles. The van der Waals surface area contributed by atoms with Crippen molar-refractivity contribution in [2.24, 2.45) is 5.73 Å². The zero-order valence-electron chi connectivity index (χ0n) is 11.1. The number of methoxy groups -OCH3 is 2. The summed E-state index contributed by atoms with van der Waals surface area (Å²) in [6.45, 7) is 5.29. The zero-order chi connectivity index (χ0) is 13.1. The molecule has 1 amide bonds. The molecule has 0 saturated heterocycles. The van der Waals surface area contributed by atoms with Gasteiger partial charge in [-0.15, -0.1) is 0 Å². The van der Waals surface area contributed by atoms with Crippen molar-refractivity contribution in [2.75, 3.05) is 53.6 Å². The van der Waals surface area contributed by atoms with Crippen molar-refractivity contribution in [3.05, 3.63) is 0 Å². The third-order valence-electron chi connectivity index (χ3n) is 2.25. The van der Waals surface area contributed by atoms with Crippen LogP contribution in [0.5, 0.6) is 0 Å². The first-order valence-electron chi connectivity index (χ1n) is 5.83. The molecular formula is C11H25N3O3. The second-order valence-corrected chi connectivity index (χ2v) is 3.98. The topological polar surface area (TPSA) is 76.8 Å². The van der Waals surface area contributed by atoms with Crippen molar-refractivity contribution in [1.82, 2.24) is 10.2 Å². The number of carbonyl (C=O) groups excluding carboxylic acids is 1. The van der Waals surface area contributed by atoms with E-state index in [0.717, 1.165) is 0 Å². The fourth-order valence-electron chi connectivity index (χ4n) is 1.49. The van der Waals surface area contributed by atoms with Crippen molar-refractivity contribution >= 4 is 5.91 Å². The van der Waals surface area contributed by atoms with Crippen molar-refractivity contribution in [2.45, 2.75) is 13.0 Å². The summed E-state index contributed by atoms with van der Waals surface area (Å²) < 4.78 is 9.94. The van der Waals surface area contributed by atoms with Gasteiger partial charge in [-0.05, 0) is 6.92 Å². The van der Waals surface area contributed by atoms with E-state index in [1.807, 2.05) is 11.8 Å². The summed E-state index contributed by atoms with van der Waals surface area (Å²) in [5.74, 6) is -0.0147. The molecule has 3 N–H and O–H groups in total. The van der Waals surface area contributed by atoms with E-state index < -0.39 is 0 Å². The molecule has 0 radical (unpaired) electrons. The summed E-state index contributed by atoms with van der Waals surface area (Å²) in [5.41, 5.74) is 5.49. The Kier molecular flexibility index (Phi) is 10.0. The molecule has 0 aliphatic carbocycles. The Balaban J connectivity index is 3.93. The maximum absolute atomic E-state index is 11.7. The number of carbonyl (C=O) groups is 1. The highest BCUT2D eigenvalue weighted by molar-refractivity contribution is 5.78. The molecule has 6 heteroatoms. The Morgan fingerprint density at radius 3 is 2.59 bits per heavy atom. The van der Waals surface area contributed by atoms with Crippen molar-refractivity contribution in [1.29, 1.82) is 0 Å². The highest BCUT2D eigenvalue weighted by atomic mass is 16.5. The molecule has 0 aliphatic rings. The molecule has 1 unspecified atom stereocenters. The van der Waals surface area contributed by atoms with Gasteiger partial charge < -0.3 is 20.5 Å². The van der Waals surface area contributed by atoms with Crippen LogP contribution in [-0.4, -0.2) is 70.5 Å². The number of amides is 1. The summed E-state index contributed by atoms with van der Waals surface area (Å²) >= 11 is 0. The first-order valence-corrected chi connectivity index (χ1v) is 5.83. The van der Waals surface area contributed by atoms with Gasteiger partial charge in [-0.25, -0.2) is 0 Å². The van der Waals surface area contributed by atoms with Crippen LogP contribution in [0.1, 0.15) is 6.92 Å². The van der Waals surface area contributed by atoms with Crippen molar-refractivity contribution in [3.8, 4) is 0 Å². The van der Waals surface area contributed by atoms with E-state index >= 15 is 0 Å². The Labute approximate surface area is 103 Å². The third-order valence-corrected chi connectivity index (χ3v) is 2.25. The van der Waals surface area contributed by atoms with Gasteiger partial charge in [0.15, 0.2) is 0 Å². The average molecular weight is 247 g/mol. The van der Waals surface area contributed by atoms with E-state index in [9.17, 15) is 4.79 Å². The molecule has 0 saturated carbocycles. The fraction of sp³-hybridized carbons (Fsp3) is 0.909. The van der Waals surface area contributed by atoms with Crippen LogP contribution in [0.2, 0.25) is 0 Å². The van der Waals surface area contributed by atoms with Gasteiger partial charge in [-0.2, -0.15) is 0 Å². The Bertz CT molecular complexity index is 202. The van der Waals surface area contributed by atoms with Gasteiger partial charge in [0.25, 0.3) is 0 Å². The summed E-state index contributed by atoms with van der Waals surface area (Å²) in [6, 6.07) is 0.0228. The number of nitrogens with two attached hydrogens (primary N) is 1. The van der Waals surface area contributed by atoms with Crippen LogP contribution >= 0.6 is 0 Å². The molecule has 0 spiro atoms. The molecule has 0 aromatic carbocycles. The molecule has 0 bridgehead atoms. The molecule has 6 nitrogen and oxygen atoms in total. The van der Waals surface area contributed by atoms with Gasteiger partial charge in [-0.3, -0.25) is 9.69 Å². The number of rotatable bonds is 10. The molecule has 1 atom stereocenters. The first-order chi connectivity index (χ1) is 8.13. The lowest BCUT2D eigenvalue weighted by Gasteiger charge is -2.21. The van der Waals surface area contributed by atoms with Gasteiger partial charge in [0.1, 0.15) is 0 Å². The van der Waals surface area contributed by atoms with Crippen LogP contribution in [0, 0.1) is 0 Å². The lowest BCUT2D eigenvalue weighted by molar-refractivity contribution is -0.123. The van der Waals surface area contributed by atoms with Crippen LogP contribution in [0.4, 0.5) is 0 Å². The predicted molar refractivity (Wildman–Crippen MR) is 66.9 cm³/mol. The lowest BCUT2D eigenvalue weighted by atomic mass is 10.3. The van der Waals surface area contributed by atoms with Gasteiger partial charge >= 0.3 is 0 Å². The normalized spacial score (nSPS) is 12.8. The van der Waals surface area contributed by atoms with E-state index in [1.54, 1.807) is 14.2 Å². The van der Waals surface area contributed by atoms with E-state index in [4.69, 9.17) is 15.2 Å². The highest BCUT2D eigenvalue weighted by Gasteiger charge is 2.11. The molecule has 0 aliphatic heterocycles. The minimum Gasteiger partial charge on any atom is -0.383 e. The van der Waals surface area contributed by atoms with Crippen molar-refractivity contribution in [3.63, 3.8) is 0 Å². The molecular weight excluding hydrogens is 222 g/mol. The first kappa shape index (κ1) is 16.3. The Hall–Kier alpha value is -0.690. The number of hydrogen-bond acceptors (Lipinski definition) is 5. The quantitative estimate of drug-likeness (QED) is 0.520. The smallest absolute Gasteiger partial charge is 0.234 e. The van der Waals surface area contributed by atoms with E-state index in [-0.39, 0.29) is 11.9 Å². The Morgan fingerprint density at radius 2 is 2.06 bits per heavy atom. The van der Waals surface area contributed by atoms with E-state index in [1.165, 1.54) is 0 Å². The monoisotopic (exact) mass is 247 g/mol. The predicted octanol–water partition coefficient (Wildman–Crippen LogP) is -0.955. The Morgan fingerprint density at radius 1 is 1.35 bits per heavy atom. The van der Waals surface area contributed by atoms with Crippen LogP contribution in [0.15, 0.2) is 0 Å². The molecule has 0 aromatic rings. The number of ether oxygens (including phenoxy) is 2. The van der Waals surface area contributed by atoms with Crippen LogP contribution in [-0.2, 0) is 14.3 Å². The van der Waals surface area contributed by atoms with Gasteiger partial charge in [0.05, 0.1) is 19.8 Å². The summed E-state index contributed by atoms with van der Waals surface area (Å²) in [7, 11) is 3.25. The minimum atomic E-state index is -0.0147. The largest absolute Gasteiger partial charge is 0.383 e. The number of hydrogen-bond donors (Lipinski definition) is 2. The fourth-order valence-corrected chi connectivity index (χ4v) is 1.49. The van der Waals surface area contributed by atoms with E-state index in [0.29, 0.717) is 39.4 Å². The third kappa shape index (κ3) is 9.05. The SMILES string of the molecule is COCCN(CCN)CC(=O)NC(C)COC. The molecule has 0 heterocycles. The summed E-state index contributed by atoms with van der Waals surface area (Å²) in [6.07, 6.45) is 0. The maximum atomic E-state index is 11.7. The summed E-state index contributed by atoms with van der Waals surface area (Å²) in [5, 5.41) is 2.86. The van der Waals surface area contributed by atoms with Crippen molar-refractivity contribution < 1.29 is 14.3 Å². The van der Waals surface area contributed by atoms with Crippen LogP contribution < -0.4 is 11.1 Å². The van der Waals surface area contributed by atoms with Crippen LogP contribution in [0.3, 0.4) is 0 Å². The molecule has 0 rings (SSSR count). The highest BCUT2D eigenvalue weighted by Crippen LogP contribution is 1.89.